The number of nitrogens with zero attached hydrogens (tertiary/aromatic N) is 1. The standard InChI is InChI=1S/C17H26N2O4S/c1-12(15-7-5-6-8-16(15)23-4)18-13(2)17(20)19(3)14-9-10-24(21,22)11-14/h5-8,12-14,18H,9-11H2,1-4H3/t12-,13-,14+/m0/s1. The Labute approximate surface area is 144 Å². The van der Waals surface area contributed by atoms with Crippen LogP contribution in [0.1, 0.15) is 31.9 Å². The highest BCUT2D eigenvalue weighted by Crippen LogP contribution is 2.25. The van der Waals surface area contributed by atoms with E-state index in [0.29, 0.717) is 6.42 Å². The van der Waals surface area contributed by atoms with Gasteiger partial charge in [-0.05, 0) is 26.3 Å². The third-order valence-electron chi connectivity index (χ3n) is 4.58. The van der Waals surface area contributed by atoms with E-state index in [-0.39, 0.29) is 29.5 Å². The molecule has 0 bridgehead atoms. The van der Waals surface area contributed by atoms with Crippen LogP contribution in [0, 0.1) is 0 Å². The van der Waals surface area contributed by atoms with E-state index >= 15 is 0 Å². The first kappa shape index (κ1) is 18.7. The molecule has 1 aromatic carbocycles. The summed E-state index contributed by atoms with van der Waals surface area (Å²) in [5, 5.41) is 3.28. The fraction of sp³-hybridized carbons (Fsp3) is 0.588. The first-order chi connectivity index (χ1) is 11.2. The number of ether oxygens (including phenoxy) is 1. The van der Waals surface area contributed by atoms with Gasteiger partial charge in [0.15, 0.2) is 9.84 Å². The van der Waals surface area contributed by atoms with Gasteiger partial charge in [-0.15, -0.1) is 0 Å². The summed E-state index contributed by atoms with van der Waals surface area (Å²) < 4.78 is 28.6. The second kappa shape index (κ2) is 7.53. The lowest BCUT2D eigenvalue weighted by atomic mass is 10.1. The minimum absolute atomic E-state index is 0.0595. The van der Waals surface area contributed by atoms with Crippen molar-refractivity contribution < 1.29 is 17.9 Å². The molecule has 134 valence electrons. The summed E-state index contributed by atoms with van der Waals surface area (Å²) in [6.45, 7) is 3.77. The maximum Gasteiger partial charge on any atom is 0.239 e. The van der Waals surface area contributed by atoms with Crippen molar-refractivity contribution in [1.29, 1.82) is 0 Å². The summed E-state index contributed by atoms with van der Waals surface area (Å²) in [5.41, 5.74) is 0.978. The Morgan fingerprint density at radius 1 is 1.33 bits per heavy atom. The van der Waals surface area contributed by atoms with Crippen LogP contribution < -0.4 is 10.1 Å². The maximum absolute atomic E-state index is 12.6. The molecule has 0 saturated carbocycles. The van der Waals surface area contributed by atoms with Gasteiger partial charge < -0.3 is 9.64 Å². The first-order valence-corrected chi connectivity index (χ1v) is 9.93. The molecule has 2 rings (SSSR count). The highest BCUT2D eigenvalue weighted by Gasteiger charge is 2.34. The van der Waals surface area contributed by atoms with Crippen molar-refractivity contribution in [2.45, 2.75) is 38.4 Å². The van der Waals surface area contributed by atoms with Crippen molar-refractivity contribution in [3.63, 3.8) is 0 Å². The molecular weight excluding hydrogens is 328 g/mol. The molecule has 0 radical (unpaired) electrons. The Hall–Kier alpha value is -1.60. The number of carbonyl (C=O) groups is 1. The van der Waals surface area contributed by atoms with Gasteiger partial charge in [0, 0.05) is 24.7 Å². The molecule has 0 unspecified atom stereocenters. The number of likely N-dealkylation sites (N-methyl/N-ethyl adjacent to an activating group) is 1. The number of amides is 1. The van der Waals surface area contributed by atoms with Crippen LogP contribution in [0.15, 0.2) is 24.3 Å². The Morgan fingerprint density at radius 2 is 2.00 bits per heavy atom. The van der Waals surface area contributed by atoms with Crippen molar-refractivity contribution in [3.8, 4) is 5.75 Å². The number of sulfone groups is 1. The summed E-state index contributed by atoms with van der Waals surface area (Å²) in [6, 6.07) is 6.96. The van der Waals surface area contributed by atoms with E-state index in [1.54, 1.807) is 26.0 Å². The zero-order valence-corrected chi connectivity index (χ0v) is 15.5. The molecule has 1 saturated heterocycles. The van der Waals surface area contributed by atoms with Crippen LogP contribution in [0.5, 0.6) is 5.75 Å². The fourth-order valence-electron chi connectivity index (χ4n) is 3.13. The zero-order valence-electron chi connectivity index (χ0n) is 14.7. The Morgan fingerprint density at radius 3 is 2.58 bits per heavy atom. The normalized spacial score (nSPS) is 21.9. The molecule has 1 N–H and O–H groups in total. The summed E-state index contributed by atoms with van der Waals surface area (Å²) in [6.07, 6.45) is 0.513. The molecular formula is C17H26N2O4S. The highest BCUT2D eigenvalue weighted by molar-refractivity contribution is 7.91. The lowest BCUT2D eigenvalue weighted by molar-refractivity contribution is -0.133. The van der Waals surface area contributed by atoms with Crippen LogP contribution in [0.2, 0.25) is 0 Å². The molecule has 1 amide bonds. The Balaban J connectivity index is 2.00. The summed E-state index contributed by atoms with van der Waals surface area (Å²) in [5.74, 6) is 0.893. The number of carbonyl (C=O) groups excluding carboxylic acids is 1. The molecule has 3 atom stereocenters. The van der Waals surface area contributed by atoms with Gasteiger partial charge in [0.25, 0.3) is 0 Å². The van der Waals surface area contributed by atoms with E-state index in [9.17, 15) is 13.2 Å². The monoisotopic (exact) mass is 354 g/mol. The van der Waals surface area contributed by atoms with Crippen LogP contribution in [0.4, 0.5) is 0 Å². The third-order valence-corrected chi connectivity index (χ3v) is 6.33. The molecule has 0 spiro atoms. The first-order valence-electron chi connectivity index (χ1n) is 8.11. The minimum Gasteiger partial charge on any atom is -0.496 e. The van der Waals surface area contributed by atoms with Crippen LogP contribution in [-0.4, -0.2) is 57.0 Å². The number of hydrogen-bond donors (Lipinski definition) is 1. The topological polar surface area (TPSA) is 75.7 Å². The second-order valence-electron chi connectivity index (χ2n) is 6.36. The average Bonchev–Trinajstić information content (AvgIpc) is 2.93. The molecule has 1 aliphatic heterocycles. The SMILES string of the molecule is COc1ccccc1[C@H](C)N[C@@H](C)C(=O)N(C)[C@@H]1CCS(=O)(=O)C1. The van der Waals surface area contributed by atoms with Gasteiger partial charge in [-0.2, -0.15) is 0 Å². The molecule has 1 aliphatic rings. The number of hydrogen-bond acceptors (Lipinski definition) is 5. The number of nitrogens with one attached hydrogen (secondary N) is 1. The highest BCUT2D eigenvalue weighted by atomic mass is 32.2. The Kier molecular flexibility index (Phi) is 5.87. The summed E-state index contributed by atoms with van der Waals surface area (Å²) in [7, 11) is 0.294. The van der Waals surface area contributed by atoms with Crippen molar-refractivity contribution in [2.75, 3.05) is 25.7 Å². The van der Waals surface area contributed by atoms with Crippen molar-refractivity contribution in [2.24, 2.45) is 0 Å². The van der Waals surface area contributed by atoms with Gasteiger partial charge in [0.2, 0.25) is 5.91 Å². The van der Waals surface area contributed by atoms with Gasteiger partial charge in [-0.1, -0.05) is 18.2 Å². The largest absolute Gasteiger partial charge is 0.496 e. The molecule has 1 aromatic rings. The molecule has 6 nitrogen and oxygen atoms in total. The van der Waals surface area contributed by atoms with E-state index < -0.39 is 15.9 Å². The van der Waals surface area contributed by atoms with Crippen LogP contribution in [-0.2, 0) is 14.6 Å². The molecule has 1 heterocycles. The smallest absolute Gasteiger partial charge is 0.239 e. The van der Waals surface area contributed by atoms with Crippen LogP contribution in [0.25, 0.3) is 0 Å². The van der Waals surface area contributed by atoms with Gasteiger partial charge in [-0.3, -0.25) is 10.1 Å². The zero-order chi connectivity index (χ0) is 17.9. The van der Waals surface area contributed by atoms with E-state index in [1.807, 2.05) is 31.2 Å². The molecule has 0 aromatic heterocycles. The molecule has 7 heteroatoms. The number of methoxy groups -OCH3 is 1. The fourth-order valence-corrected chi connectivity index (χ4v) is 4.90. The molecule has 1 fully saturated rings. The van der Waals surface area contributed by atoms with E-state index in [2.05, 4.69) is 5.32 Å². The maximum atomic E-state index is 12.6. The van der Waals surface area contributed by atoms with Crippen LogP contribution in [0.3, 0.4) is 0 Å². The van der Waals surface area contributed by atoms with Gasteiger partial charge >= 0.3 is 0 Å². The average molecular weight is 354 g/mol. The quantitative estimate of drug-likeness (QED) is 0.835. The summed E-state index contributed by atoms with van der Waals surface area (Å²) in [4.78, 5) is 14.2. The van der Waals surface area contributed by atoms with E-state index in [1.165, 1.54) is 0 Å². The minimum atomic E-state index is -3.01. The van der Waals surface area contributed by atoms with Gasteiger partial charge in [-0.25, -0.2) is 8.42 Å². The van der Waals surface area contributed by atoms with E-state index in [4.69, 9.17) is 4.74 Å². The molecule has 24 heavy (non-hydrogen) atoms. The molecule has 0 aliphatic carbocycles. The van der Waals surface area contributed by atoms with Crippen molar-refractivity contribution in [1.82, 2.24) is 10.2 Å². The predicted molar refractivity (Wildman–Crippen MR) is 93.8 cm³/mol. The number of benzene rings is 1. The van der Waals surface area contributed by atoms with Crippen molar-refractivity contribution >= 4 is 15.7 Å². The van der Waals surface area contributed by atoms with Gasteiger partial charge in [0.1, 0.15) is 5.75 Å². The van der Waals surface area contributed by atoms with Crippen LogP contribution >= 0.6 is 0 Å². The number of para-hydroxylation sites is 1. The Bertz CT molecular complexity index is 690. The van der Waals surface area contributed by atoms with Gasteiger partial charge in [0.05, 0.1) is 24.7 Å². The van der Waals surface area contributed by atoms with Crippen molar-refractivity contribution in [3.05, 3.63) is 29.8 Å². The lowest BCUT2D eigenvalue weighted by Crippen LogP contribution is -2.48. The number of rotatable bonds is 6. The predicted octanol–water partition coefficient (Wildman–Crippen LogP) is 1.38. The third kappa shape index (κ3) is 4.27. The lowest BCUT2D eigenvalue weighted by Gasteiger charge is -2.29. The van der Waals surface area contributed by atoms with E-state index in [0.717, 1.165) is 11.3 Å². The summed E-state index contributed by atoms with van der Waals surface area (Å²) >= 11 is 0. The second-order valence-corrected chi connectivity index (χ2v) is 8.59.